The molecule has 1 saturated carbocycles. The summed E-state index contributed by atoms with van der Waals surface area (Å²) in [6.45, 7) is 1.96. The predicted octanol–water partition coefficient (Wildman–Crippen LogP) is 3.25. The van der Waals surface area contributed by atoms with Crippen LogP contribution in [0.4, 0.5) is 18.9 Å². The highest BCUT2D eigenvalue weighted by Crippen LogP contribution is 2.56. The van der Waals surface area contributed by atoms with Crippen LogP contribution in [0.25, 0.3) is 0 Å². The lowest BCUT2D eigenvalue weighted by molar-refractivity contribution is -0.274. The van der Waals surface area contributed by atoms with E-state index in [1.807, 2.05) is 12.1 Å². The lowest BCUT2D eigenvalue weighted by Gasteiger charge is -2.14. The Labute approximate surface area is 154 Å². The van der Waals surface area contributed by atoms with Crippen LogP contribution in [0.3, 0.4) is 0 Å². The second kappa shape index (κ2) is 6.13. The van der Waals surface area contributed by atoms with Gasteiger partial charge in [-0.2, -0.15) is 0 Å². The summed E-state index contributed by atoms with van der Waals surface area (Å²) in [4.78, 5) is -0.151. The van der Waals surface area contributed by atoms with Gasteiger partial charge in [-0.1, -0.05) is 12.1 Å². The Morgan fingerprint density at radius 2 is 1.74 bits per heavy atom. The Morgan fingerprint density at radius 3 is 2.26 bits per heavy atom. The van der Waals surface area contributed by atoms with Crippen LogP contribution in [-0.4, -0.2) is 27.9 Å². The van der Waals surface area contributed by atoms with Crippen LogP contribution in [0.1, 0.15) is 12.0 Å². The van der Waals surface area contributed by atoms with Gasteiger partial charge in [-0.25, -0.2) is 8.42 Å². The van der Waals surface area contributed by atoms with Crippen LogP contribution in [0.15, 0.2) is 53.4 Å². The third kappa shape index (κ3) is 3.61. The van der Waals surface area contributed by atoms with Gasteiger partial charge in [0.05, 0.1) is 4.90 Å². The van der Waals surface area contributed by atoms with E-state index >= 15 is 0 Å². The summed E-state index contributed by atoms with van der Waals surface area (Å²) in [5, 5.41) is 3.36. The molecule has 0 amide bonds. The maximum Gasteiger partial charge on any atom is 0.573 e. The molecule has 2 fully saturated rings. The number of alkyl halides is 3. The molecule has 2 aromatic carbocycles. The first-order valence-corrected chi connectivity index (χ1v) is 9.86. The first kappa shape index (κ1) is 18.1. The number of nitrogens with one attached hydrogen (secondary N) is 2. The average molecular weight is 398 g/mol. The van der Waals surface area contributed by atoms with E-state index in [4.69, 9.17) is 0 Å². The van der Waals surface area contributed by atoms with Crippen molar-refractivity contribution in [2.75, 3.05) is 17.8 Å². The van der Waals surface area contributed by atoms with Crippen molar-refractivity contribution in [2.24, 2.45) is 5.92 Å². The topological polar surface area (TPSA) is 67.4 Å². The van der Waals surface area contributed by atoms with E-state index in [1.165, 1.54) is 5.56 Å². The fraction of sp³-hybridized carbons (Fsp3) is 0.333. The summed E-state index contributed by atoms with van der Waals surface area (Å²) in [6, 6.07) is 11.3. The molecule has 0 aromatic heterocycles. The minimum absolute atomic E-state index is 0.151. The number of benzene rings is 2. The lowest BCUT2D eigenvalue weighted by atomic mass is 9.95. The third-order valence-corrected chi connectivity index (χ3v) is 6.54. The summed E-state index contributed by atoms with van der Waals surface area (Å²) in [5.74, 6) is 0.173. The molecule has 0 spiro atoms. The van der Waals surface area contributed by atoms with E-state index in [9.17, 15) is 21.6 Å². The summed E-state index contributed by atoms with van der Waals surface area (Å²) in [6.07, 6.45) is -3.67. The molecule has 1 aliphatic heterocycles. The van der Waals surface area contributed by atoms with E-state index in [0.717, 1.165) is 43.8 Å². The molecule has 2 N–H and O–H groups in total. The zero-order valence-electron chi connectivity index (χ0n) is 14.1. The Balaban J connectivity index is 1.47. The van der Waals surface area contributed by atoms with E-state index in [0.29, 0.717) is 11.6 Å². The molecular formula is C18H17F3N2O3S. The molecule has 4 rings (SSSR count). The van der Waals surface area contributed by atoms with Gasteiger partial charge in [0.25, 0.3) is 10.0 Å². The van der Waals surface area contributed by atoms with Gasteiger partial charge in [0.15, 0.2) is 0 Å². The number of piperidine rings is 1. The van der Waals surface area contributed by atoms with Crippen LogP contribution in [-0.2, 0) is 15.4 Å². The first-order chi connectivity index (χ1) is 12.7. The highest BCUT2D eigenvalue weighted by atomic mass is 32.2. The van der Waals surface area contributed by atoms with Crippen molar-refractivity contribution in [1.29, 1.82) is 0 Å². The molecule has 1 saturated heterocycles. The molecule has 0 radical (unpaired) electrons. The molecule has 27 heavy (non-hydrogen) atoms. The Kier molecular flexibility index (Phi) is 4.12. The summed E-state index contributed by atoms with van der Waals surface area (Å²) < 4.78 is 67.6. The monoisotopic (exact) mass is 398 g/mol. The molecule has 0 bridgehead atoms. The molecule has 2 aromatic rings. The highest BCUT2D eigenvalue weighted by molar-refractivity contribution is 7.92. The van der Waals surface area contributed by atoms with E-state index < -0.39 is 22.1 Å². The van der Waals surface area contributed by atoms with Crippen molar-refractivity contribution in [3.63, 3.8) is 0 Å². The van der Waals surface area contributed by atoms with Crippen molar-refractivity contribution in [1.82, 2.24) is 5.32 Å². The van der Waals surface area contributed by atoms with Crippen molar-refractivity contribution >= 4 is 15.7 Å². The van der Waals surface area contributed by atoms with Crippen LogP contribution >= 0.6 is 0 Å². The largest absolute Gasteiger partial charge is 0.573 e. The smallest absolute Gasteiger partial charge is 0.406 e. The van der Waals surface area contributed by atoms with Crippen molar-refractivity contribution in [3.05, 3.63) is 54.1 Å². The zero-order valence-corrected chi connectivity index (χ0v) is 14.9. The quantitative estimate of drug-likeness (QED) is 0.812. The van der Waals surface area contributed by atoms with Crippen LogP contribution in [0, 0.1) is 5.92 Å². The Morgan fingerprint density at radius 1 is 1.07 bits per heavy atom. The fourth-order valence-corrected chi connectivity index (χ4v) is 4.75. The summed E-state index contributed by atoms with van der Waals surface area (Å²) in [7, 11) is -3.91. The maximum atomic E-state index is 12.4. The number of fused-ring (bicyclic) bond motifs is 1. The van der Waals surface area contributed by atoms with Crippen LogP contribution in [0.5, 0.6) is 5.75 Å². The molecule has 2 aliphatic rings. The van der Waals surface area contributed by atoms with Gasteiger partial charge in [-0.15, -0.1) is 13.2 Å². The fourth-order valence-electron chi connectivity index (χ4n) is 3.69. The minimum atomic E-state index is -4.82. The number of halogens is 3. The van der Waals surface area contributed by atoms with Gasteiger partial charge in [-0.3, -0.25) is 4.72 Å². The van der Waals surface area contributed by atoms with Gasteiger partial charge in [0.2, 0.25) is 0 Å². The lowest BCUT2D eigenvalue weighted by Crippen LogP contribution is -2.19. The van der Waals surface area contributed by atoms with Gasteiger partial charge in [-0.05, 0) is 60.8 Å². The van der Waals surface area contributed by atoms with Crippen molar-refractivity contribution < 1.29 is 26.3 Å². The molecule has 144 valence electrons. The van der Waals surface area contributed by atoms with E-state index in [1.54, 1.807) is 12.1 Å². The van der Waals surface area contributed by atoms with Gasteiger partial charge in [0.1, 0.15) is 5.75 Å². The van der Waals surface area contributed by atoms with E-state index in [2.05, 4.69) is 14.8 Å². The second-order valence-corrected chi connectivity index (χ2v) is 8.57. The third-order valence-electron chi connectivity index (χ3n) is 5.14. The number of hydrogen-bond acceptors (Lipinski definition) is 4. The maximum absolute atomic E-state index is 12.4. The Bertz CT molecular complexity index is 943. The number of ether oxygens (including phenoxy) is 1. The Hall–Kier alpha value is -2.26. The van der Waals surface area contributed by atoms with Crippen LogP contribution in [0.2, 0.25) is 0 Å². The van der Waals surface area contributed by atoms with Crippen molar-refractivity contribution in [3.8, 4) is 5.75 Å². The number of anilines is 1. The van der Waals surface area contributed by atoms with Gasteiger partial charge in [0, 0.05) is 17.6 Å². The molecule has 1 heterocycles. The predicted molar refractivity (Wildman–Crippen MR) is 93.0 cm³/mol. The molecule has 0 unspecified atom stereocenters. The number of rotatable bonds is 5. The summed E-state index contributed by atoms with van der Waals surface area (Å²) in [5.41, 5.74) is 1.77. The summed E-state index contributed by atoms with van der Waals surface area (Å²) >= 11 is 0. The molecule has 9 heteroatoms. The highest BCUT2D eigenvalue weighted by Gasteiger charge is 2.57. The molecule has 5 nitrogen and oxygen atoms in total. The van der Waals surface area contributed by atoms with Crippen molar-refractivity contribution in [2.45, 2.75) is 23.1 Å². The first-order valence-electron chi connectivity index (χ1n) is 8.38. The molecule has 1 aliphatic carbocycles. The number of hydrogen-bond donors (Lipinski definition) is 2. The van der Waals surface area contributed by atoms with Crippen LogP contribution < -0.4 is 14.8 Å². The molecular weight excluding hydrogens is 381 g/mol. The van der Waals surface area contributed by atoms with E-state index in [-0.39, 0.29) is 10.3 Å². The molecule has 2 atom stereocenters. The minimum Gasteiger partial charge on any atom is -0.406 e. The average Bonchev–Trinajstić information content (AvgIpc) is 3.15. The van der Waals surface area contributed by atoms with Gasteiger partial charge < -0.3 is 10.1 Å². The van der Waals surface area contributed by atoms with Gasteiger partial charge >= 0.3 is 6.36 Å². The normalized spacial score (nSPS) is 24.3. The standard InChI is InChI=1S/C18H17F3N2O3S/c19-18(20,21)26-15-5-7-16(8-6-15)27(24,25)23-14-3-1-12(2-4-14)17-9-13(17)10-22-11-17/h1-8,13,22-23H,9-11H2/t13-,17+/m1/s1. The number of sulfonamides is 1. The second-order valence-electron chi connectivity index (χ2n) is 6.89. The SMILES string of the molecule is O=S(=O)(Nc1ccc([C@]23CNC[C@H]2C3)cc1)c1ccc(OC(F)(F)F)cc1. The zero-order chi connectivity index (χ0) is 19.3.